The van der Waals surface area contributed by atoms with Gasteiger partial charge in [-0.2, -0.15) is 0 Å². The molecule has 6 heteroatoms. The second-order valence-electron chi connectivity index (χ2n) is 4.71. The summed E-state index contributed by atoms with van der Waals surface area (Å²) < 4.78 is 25.4. The summed E-state index contributed by atoms with van der Waals surface area (Å²) in [4.78, 5) is 19.9. The molecule has 1 unspecified atom stereocenters. The molecule has 0 aliphatic heterocycles. The Morgan fingerprint density at radius 1 is 1.19 bits per heavy atom. The quantitative estimate of drug-likeness (QED) is 0.941. The van der Waals surface area contributed by atoms with Crippen molar-refractivity contribution in [3.8, 4) is 0 Å². The van der Waals surface area contributed by atoms with E-state index < -0.39 is 12.5 Å². The number of nitrogens with one attached hydrogen (secondary N) is 1. The number of rotatable bonds is 4. The van der Waals surface area contributed by atoms with Crippen molar-refractivity contribution in [1.82, 2.24) is 15.3 Å². The highest BCUT2D eigenvalue weighted by molar-refractivity contribution is 5.92. The Hall–Kier alpha value is -2.37. The Morgan fingerprint density at radius 3 is 2.57 bits per heavy atom. The smallest absolute Gasteiger partial charge is 0.270 e. The molecule has 0 fully saturated rings. The van der Waals surface area contributed by atoms with Crippen molar-refractivity contribution in [3.63, 3.8) is 0 Å². The number of aromatic nitrogens is 2. The summed E-state index contributed by atoms with van der Waals surface area (Å²) in [5.74, 6) is -0.365. The fourth-order valence-corrected chi connectivity index (χ4v) is 1.90. The first kappa shape index (κ1) is 15.0. The molecule has 1 N–H and O–H groups in total. The van der Waals surface area contributed by atoms with E-state index in [4.69, 9.17) is 0 Å². The van der Waals surface area contributed by atoms with Crippen molar-refractivity contribution in [2.24, 2.45) is 0 Å². The van der Waals surface area contributed by atoms with E-state index in [9.17, 15) is 13.6 Å². The van der Waals surface area contributed by atoms with Gasteiger partial charge in [0.2, 0.25) is 0 Å². The predicted octanol–water partition coefficient (Wildman–Crippen LogP) is 3.21. The summed E-state index contributed by atoms with van der Waals surface area (Å²) >= 11 is 0. The van der Waals surface area contributed by atoms with Gasteiger partial charge in [-0.15, -0.1) is 0 Å². The molecule has 0 aliphatic carbocycles. The standard InChI is InChI=1S/C15H15F2N3O/c1-9-6-13(19-8-18-9)15(21)20-10(2)11-4-3-5-12(7-11)14(16)17/h3-8,10,14H,1-2H3,(H,20,21). The molecule has 2 aromatic rings. The van der Waals surface area contributed by atoms with Crippen LogP contribution in [-0.2, 0) is 0 Å². The maximum absolute atomic E-state index is 12.7. The van der Waals surface area contributed by atoms with Crippen molar-refractivity contribution in [3.05, 3.63) is 59.2 Å². The van der Waals surface area contributed by atoms with Crippen LogP contribution in [0, 0.1) is 6.92 Å². The van der Waals surface area contributed by atoms with Gasteiger partial charge in [-0.05, 0) is 31.5 Å². The third kappa shape index (κ3) is 3.81. The molecule has 0 spiro atoms. The lowest BCUT2D eigenvalue weighted by Gasteiger charge is -2.15. The van der Waals surface area contributed by atoms with Crippen LogP contribution in [-0.4, -0.2) is 15.9 Å². The van der Waals surface area contributed by atoms with Crippen molar-refractivity contribution in [1.29, 1.82) is 0 Å². The van der Waals surface area contributed by atoms with E-state index in [1.165, 1.54) is 18.5 Å². The molecule has 1 aromatic heterocycles. The van der Waals surface area contributed by atoms with Crippen LogP contribution in [0.3, 0.4) is 0 Å². The Morgan fingerprint density at radius 2 is 1.90 bits per heavy atom. The molecule has 1 heterocycles. The number of benzene rings is 1. The molecule has 0 aliphatic rings. The van der Waals surface area contributed by atoms with E-state index in [0.717, 1.165) is 0 Å². The zero-order chi connectivity index (χ0) is 15.4. The summed E-state index contributed by atoms with van der Waals surface area (Å²) in [5.41, 5.74) is 1.49. The van der Waals surface area contributed by atoms with E-state index >= 15 is 0 Å². The summed E-state index contributed by atoms with van der Waals surface area (Å²) in [7, 11) is 0. The number of carbonyl (C=O) groups is 1. The van der Waals surface area contributed by atoms with Crippen LogP contribution in [0.1, 0.15) is 46.7 Å². The van der Waals surface area contributed by atoms with E-state index in [-0.39, 0.29) is 17.2 Å². The normalized spacial score (nSPS) is 12.2. The van der Waals surface area contributed by atoms with Gasteiger partial charge in [-0.3, -0.25) is 4.79 Å². The average Bonchev–Trinajstić information content (AvgIpc) is 2.47. The number of carbonyl (C=O) groups excluding carboxylic acids is 1. The van der Waals surface area contributed by atoms with Crippen LogP contribution in [0.5, 0.6) is 0 Å². The molecule has 4 nitrogen and oxygen atoms in total. The number of hydrogen-bond donors (Lipinski definition) is 1. The van der Waals surface area contributed by atoms with Crippen LogP contribution in [0.25, 0.3) is 0 Å². The van der Waals surface area contributed by atoms with Gasteiger partial charge in [-0.1, -0.05) is 18.2 Å². The monoisotopic (exact) mass is 291 g/mol. The largest absolute Gasteiger partial charge is 0.344 e. The molecule has 1 atom stereocenters. The lowest BCUT2D eigenvalue weighted by atomic mass is 10.1. The molecule has 1 aromatic carbocycles. The molecule has 110 valence electrons. The molecule has 21 heavy (non-hydrogen) atoms. The lowest BCUT2D eigenvalue weighted by Crippen LogP contribution is -2.27. The van der Waals surface area contributed by atoms with Crippen LogP contribution in [0.4, 0.5) is 8.78 Å². The first-order valence-corrected chi connectivity index (χ1v) is 6.45. The molecule has 1 amide bonds. The number of aryl methyl sites for hydroxylation is 1. The molecule has 0 radical (unpaired) electrons. The van der Waals surface area contributed by atoms with Gasteiger partial charge < -0.3 is 5.32 Å². The second-order valence-corrected chi connectivity index (χ2v) is 4.71. The summed E-state index contributed by atoms with van der Waals surface area (Å²) in [5, 5.41) is 2.73. The third-order valence-electron chi connectivity index (χ3n) is 3.05. The van der Waals surface area contributed by atoms with Gasteiger partial charge in [0.05, 0.1) is 6.04 Å². The van der Waals surface area contributed by atoms with E-state index in [1.54, 1.807) is 32.0 Å². The fourth-order valence-electron chi connectivity index (χ4n) is 1.90. The first-order valence-electron chi connectivity index (χ1n) is 6.45. The minimum Gasteiger partial charge on any atom is -0.344 e. The van der Waals surface area contributed by atoms with Gasteiger partial charge in [0.25, 0.3) is 12.3 Å². The highest BCUT2D eigenvalue weighted by atomic mass is 19.3. The molecular formula is C15H15F2N3O. The highest BCUT2D eigenvalue weighted by Crippen LogP contribution is 2.22. The fraction of sp³-hybridized carbons (Fsp3) is 0.267. The van der Waals surface area contributed by atoms with Gasteiger partial charge in [-0.25, -0.2) is 18.7 Å². The average molecular weight is 291 g/mol. The molecule has 0 bridgehead atoms. The van der Waals surface area contributed by atoms with E-state index in [1.807, 2.05) is 0 Å². The SMILES string of the molecule is Cc1cc(C(=O)NC(C)c2cccc(C(F)F)c2)ncn1. The second kappa shape index (κ2) is 6.39. The molecule has 0 saturated heterocycles. The molecular weight excluding hydrogens is 276 g/mol. The lowest BCUT2D eigenvalue weighted by molar-refractivity contribution is 0.0934. The molecule has 2 rings (SSSR count). The Kier molecular flexibility index (Phi) is 4.57. The van der Waals surface area contributed by atoms with Crippen molar-refractivity contribution in [2.45, 2.75) is 26.3 Å². The van der Waals surface area contributed by atoms with E-state index in [2.05, 4.69) is 15.3 Å². The van der Waals surface area contributed by atoms with Crippen LogP contribution >= 0.6 is 0 Å². The third-order valence-corrected chi connectivity index (χ3v) is 3.05. The number of halogens is 2. The number of amides is 1. The van der Waals surface area contributed by atoms with Crippen LogP contribution < -0.4 is 5.32 Å². The Balaban J connectivity index is 2.12. The number of nitrogens with zero attached hydrogens (tertiary/aromatic N) is 2. The van der Waals surface area contributed by atoms with Crippen LogP contribution in [0.2, 0.25) is 0 Å². The Labute approximate surface area is 121 Å². The minimum absolute atomic E-state index is 0.0634. The van der Waals surface area contributed by atoms with E-state index in [0.29, 0.717) is 11.3 Å². The predicted molar refractivity (Wildman–Crippen MR) is 74.0 cm³/mol. The summed E-state index contributed by atoms with van der Waals surface area (Å²) in [6, 6.07) is 7.16. The van der Waals surface area contributed by atoms with Crippen molar-refractivity contribution < 1.29 is 13.6 Å². The first-order chi connectivity index (χ1) is 9.97. The number of hydrogen-bond acceptors (Lipinski definition) is 3. The maximum atomic E-state index is 12.7. The van der Waals surface area contributed by atoms with Crippen LogP contribution in [0.15, 0.2) is 36.7 Å². The van der Waals surface area contributed by atoms with Crippen molar-refractivity contribution >= 4 is 5.91 Å². The summed E-state index contributed by atoms with van der Waals surface area (Å²) in [6.45, 7) is 3.49. The highest BCUT2D eigenvalue weighted by Gasteiger charge is 2.15. The maximum Gasteiger partial charge on any atom is 0.270 e. The zero-order valence-corrected chi connectivity index (χ0v) is 11.7. The zero-order valence-electron chi connectivity index (χ0n) is 11.7. The molecule has 0 saturated carbocycles. The van der Waals surface area contributed by atoms with Gasteiger partial charge in [0.1, 0.15) is 12.0 Å². The van der Waals surface area contributed by atoms with Crippen molar-refractivity contribution in [2.75, 3.05) is 0 Å². The topological polar surface area (TPSA) is 54.9 Å². The summed E-state index contributed by atoms with van der Waals surface area (Å²) in [6.07, 6.45) is -1.22. The van der Waals surface area contributed by atoms with Gasteiger partial charge in [0, 0.05) is 11.3 Å². The van der Waals surface area contributed by atoms with Gasteiger partial charge >= 0.3 is 0 Å². The number of alkyl halides is 2. The van der Waals surface area contributed by atoms with Gasteiger partial charge in [0.15, 0.2) is 0 Å². The minimum atomic E-state index is -2.53. The Bertz CT molecular complexity index is 646.